The molecule has 1 aromatic carbocycles. The average Bonchev–Trinajstić information content (AvgIpc) is 3.41. The lowest BCUT2D eigenvalue weighted by Gasteiger charge is -2.26. The number of carbonyl (C=O) groups excluding carboxylic acids is 2. The Balaban J connectivity index is 1.49. The summed E-state index contributed by atoms with van der Waals surface area (Å²) in [5.41, 5.74) is 1.43. The largest absolute Gasteiger partial charge is 0.497 e. The third-order valence-corrected chi connectivity index (χ3v) is 6.49. The molecule has 1 aliphatic rings. The van der Waals surface area contributed by atoms with Gasteiger partial charge in [0.05, 0.1) is 36.9 Å². The lowest BCUT2D eigenvalue weighted by Crippen LogP contribution is -2.35. The summed E-state index contributed by atoms with van der Waals surface area (Å²) in [6, 6.07) is 8.78. The number of thiophene rings is 1. The summed E-state index contributed by atoms with van der Waals surface area (Å²) in [5.74, 6) is 0.844. The molecule has 0 atom stereocenters. The normalized spacial score (nSPS) is 13.0. The van der Waals surface area contributed by atoms with Crippen LogP contribution in [-0.4, -0.2) is 42.5 Å². The number of carbonyl (C=O) groups is 2. The standard InChI is InChI=1S/C20H19N3O4S2/c1-26-12-5-6-13(15(10-12)27-2)19(25)23-8-7-14-17(11-23)29-20(21-14)22-18(24)16-4-3-9-28-16/h3-6,9-10H,7-8,11H2,1-2H3,(H,21,22,24). The van der Waals surface area contributed by atoms with E-state index in [-0.39, 0.29) is 11.8 Å². The number of hydrogen-bond acceptors (Lipinski definition) is 7. The van der Waals surface area contributed by atoms with Crippen molar-refractivity contribution in [3.8, 4) is 11.5 Å². The maximum atomic E-state index is 13.0. The first kappa shape index (κ1) is 19.4. The molecule has 7 nitrogen and oxygen atoms in total. The fourth-order valence-electron chi connectivity index (χ4n) is 3.13. The molecule has 29 heavy (non-hydrogen) atoms. The molecule has 0 spiro atoms. The first-order valence-corrected chi connectivity index (χ1v) is 10.6. The van der Waals surface area contributed by atoms with Crippen LogP contribution in [0.25, 0.3) is 0 Å². The number of nitrogens with zero attached hydrogens (tertiary/aromatic N) is 2. The van der Waals surface area contributed by atoms with Gasteiger partial charge in [0.15, 0.2) is 5.13 Å². The van der Waals surface area contributed by atoms with Crippen molar-refractivity contribution >= 4 is 39.6 Å². The smallest absolute Gasteiger partial charge is 0.267 e. The molecule has 0 aliphatic carbocycles. The van der Waals surface area contributed by atoms with Crippen LogP contribution >= 0.6 is 22.7 Å². The zero-order valence-corrected chi connectivity index (χ0v) is 17.6. The number of benzene rings is 1. The molecule has 1 aliphatic heterocycles. The van der Waals surface area contributed by atoms with Crippen LogP contribution in [0.5, 0.6) is 11.5 Å². The number of hydrogen-bond donors (Lipinski definition) is 1. The number of amides is 2. The van der Waals surface area contributed by atoms with E-state index in [2.05, 4.69) is 10.3 Å². The summed E-state index contributed by atoms with van der Waals surface area (Å²) in [6.07, 6.45) is 0.644. The third kappa shape index (κ3) is 3.96. The maximum Gasteiger partial charge on any atom is 0.267 e. The number of ether oxygens (including phenoxy) is 2. The van der Waals surface area contributed by atoms with Gasteiger partial charge >= 0.3 is 0 Å². The second-order valence-corrected chi connectivity index (χ2v) is 8.39. The Bertz CT molecular complexity index is 1050. The molecular formula is C20H19N3O4S2. The van der Waals surface area contributed by atoms with Crippen LogP contribution in [-0.2, 0) is 13.0 Å². The molecule has 0 bridgehead atoms. The summed E-state index contributed by atoms with van der Waals surface area (Å²) in [6.45, 7) is 1.01. The summed E-state index contributed by atoms with van der Waals surface area (Å²) < 4.78 is 10.6. The highest BCUT2D eigenvalue weighted by molar-refractivity contribution is 7.16. The fourth-order valence-corrected chi connectivity index (χ4v) is 4.77. The first-order valence-electron chi connectivity index (χ1n) is 8.93. The maximum absolute atomic E-state index is 13.0. The Morgan fingerprint density at radius 1 is 1.21 bits per heavy atom. The Morgan fingerprint density at radius 3 is 2.79 bits per heavy atom. The lowest BCUT2D eigenvalue weighted by atomic mass is 10.1. The minimum Gasteiger partial charge on any atom is -0.497 e. The number of thiazole rings is 1. The van der Waals surface area contributed by atoms with E-state index in [0.29, 0.717) is 46.6 Å². The van der Waals surface area contributed by atoms with E-state index in [4.69, 9.17) is 9.47 Å². The van der Waals surface area contributed by atoms with Crippen molar-refractivity contribution in [3.63, 3.8) is 0 Å². The van der Waals surface area contributed by atoms with Crippen molar-refractivity contribution in [3.05, 3.63) is 56.7 Å². The fraction of sp³-hybridized carbons (Fsp3) is 0.250. The molecule has 1 N–H and O–H groups in total. The molecule has 0 saturated heterocycles. The van der Waals surface area contributed by atoms with Gasteiger partial charge in [0.1, 0.15) is 11.5 Å². The van der Waals surface area contributed by atoms with Gasteiger partial charge in [-0.1, -0.05) is 17.4 Å². The molecule has 0 saturated carbocycles. The van der Waals surface area contributed by atoms with Crippen LogP contribution in [0.4, 0.5) is 5.13 Å². The van der Waals surface area contributed by atoms with Crippen molar-refractivity contribution in [1.29, 1.82) is 0 Å². The second kappa shape index (κ2) is 8.22. The van der Waals surface area contributed by atoms with Crippen LogP contribution in [0.1, 0.15) is 30.6 Å². The van der Waals surface area contributed by atoms with E-state index in [1.807, 2.05) is 11.4 Å². The molecule has 0 unspecified atom stereocenters. The number of anilines is 1. The highest BCUT2D eigenvalue weighted by atomic mass is 32.1. The van der Waals surface area contributed by atoms with E-state index in [1.165, 1.54) is 29.8 Å². The molecule has 0 fully saturated rings. The first-order chi connectivity index (χ1) is 14.1. The molecule has 150 valence electrons. The van der Waals surface area contributed by atoms with Crippen molar-refractivity contribution in [2.24, 2.45) is 0 Å². The summed E-state index contributed by atoms with van der Waals surface area (Å²) in [5, 5.41) is 5.27. The van der Waals surface area contributed by atoms with Gasteiger partial charge in [0, 0.05) is 23.9 Å². The SMILES string of the molecule is COc1ccc(C(=O)N2CCc3nc(NC(=O)c4cccs4)sc3C2)c(OC)c1. The van der Waals surface area contributed by atoms with Gasteiger partial charge in [-0.25, -0.2) is 4.98 Å². The predicted molar refractivity (Wildman–Crippen MR) is 112 cm³/mol. The van der Waals surface area contributed by atoms with Crippen LogP contribution in [0.15, 0.2) is 35.7 Å². The van der Waals surface area contributed by atoms with Gasteiger partial charge in [-0.3, -0.25) is 14.9 Å². The molecule has 2 amide bonds. The lowest BCUT2D eigenvalue weighted by molar-refractivity contribution is 0.0732. The number of fused-ring (bicyclic) bond motifs is 1. The third-order valence-electron chi connectivity index (χ3n) is 4.62. The van der Waals surface area contributed by atoms with Crippen LogP contribution in [0.3, 0.4) is 0 Å². The minimum atomic E-state index is -0.165. The van der Waals surface area contributed by atoms with E-state index < -0.39 is 0 Å². The van der Waals surface area contributed by atoms with Crippen LogP contribution in [0, 0.1) is 0 Å². The van der Waals surface area contributed by atoms with Gasteiger partial charge in [-0.2, -0.15) is 0 Å². The molecule has 0 radical (unpaired) electrons. The summed E-state index contributed by atoms with van der Waals surface area (Å²) in [4.78, 5) is 33.2. The number of rotatable bonds is 5. The van der Waals surface area contributed by atoms with E-state index >= 15 is 0 Å². The number of nitrogens with one attached hydrogen (secondary N) is 1. The molecule has 3 aromatic rings. The zero-order valence-electron chi connectivity index (χ0n) is 15.9. The van der Waals surface area contributed by atoms with Crippen molar-refractivity contribution in [2.45, 2.75) is 13.0 Å². The Kier molecular flexibility index (Phi) is 5.50. The van der Waals surface area contributed by atoms with Crippen molar-refractivity contribution in [2.75, 3.05) is 26.1 Å². The highest BCUT2D eigenvalue weighted by Gasteiger charge is 2.27. The highest BCUT2D eigenvalue weighted by Crippen LogP contribution is 2.31. The molecule has 3 heterocycles. The van der Waals surface area contributed by atoms with Gasteiger partial charge in [0.25, 0.3) is 11.8 Å². The van der Waals surface area contributed by atoms with Crippen molar-refractivity contribution < 1.29 is 19.1 Å². The number of methoxy groups -OCH3 is 2. The summed E-state index contributed by atoms with van der Waals surface area (Å²) >= 11 is 2.79. The zero-order chi connectivity index (χ0) is 20.4. The Labute approximate surface area is 175 Å². The average molecular weight is 430 g/mol. The molecule has 2 aromatic heterocycles. The number of aromatic nitrogens is 1. The summed E-state index contributed by atoms with van der Waals surface area (Å²) in [7, 11) is 3.10. The van der Waals surface area contributed by atoms with Gasteiger partial charge in [-0.15, -0.1) is 11.3 Å². The van der Waals surface area contributed by atoms with Crippen LogP contribution in [0.2, 0.25) is 0 Å². The van der Waals surface area contributed by atoms with E-state index in [0.717, 1.165) is 10.6 Å². The van der Waals surface area contributed by atoms with Gasteiger partial charge in [-0.05, 0) is 23.6 Å². The van der Waals surface area contributed by atoms with Gasteiger partial charge < -0.3 is 14.4 Å². The van der Waals surface area contributed by atoms with E-state index in [9.17, 15) is 9.59 Å². The predicted octanol–water partition coefficient (Wildman–Crippen LogP) is 3.67. The Morgan fingerprint density at radius 2 is 2.07 bits per heavy atom. The minimum absolute atomic E-state index is 0.104. The van der Waals surface area contributed by atoms with Crippen molar-refractivity contribution in [1.82, 2.24) is 9.88 Å². The Hall–Kier alpha value is -2.91. The van der Waals surface area contributed by atoms with Gasteiger partial charge in [0.2, 0.25) is 0 Å². The monoisotopic (exact) mass is 429 g/mol. The molecule has 4 rings (SSSR count). The second-order valence-electron chi connectivity index (χ2n) is 6.36. The molecule has 9 heteroatoms. The van der Waals surface area contributed by atoms with E-state index in [1.54, 1.807) is 36.3 Å². The van der Waals surface area contributed by atoms with Crippen LogP contribution < -0.4 is 14.8 Å². The quantitative estimate of drug-likeness (QED) is 0.669. The topological polar surface area (TPSA) is 80.8 Å². The molecular weight excluding hydrogens is 410 g/mol.